The molecule has 142 valence electrons. The summed E-state index contributed by atoms with van der Waals surface area (Å²) in [5, 5.41) is 3.54. The van der Waals surface area contributed by atoms with Gasteiger partial charge in [0.05, 0.1) is 6.54 Å². The fourth-order valence-corrected chi connectivity index (χ4v) is 3.30. The van der Waals surface area contributed by atoms with Crippen molar-refractivity contribution in [3.8, 4) is 5.75 Å². The van der Waals surface area contributed by atoms with E-state index in [-0.39, 0.29) is 11.8 Å². The van der Waals surface area contributed by atoms with E-state index in [9.17, 15) is 9.59 Å². The molecule has 0 saturated carbocycles. The molecule has 1 aliphatic rings. The van der Waals surface area contributed by atoms with Gasteiger partial charge in [-0.1, -0.05) is 41.9 Å². The van der Waals surface area contributed by atoms with Crippen LogP contribution in [0.2, 0.25) is 5.02 Å². The Kier molecular flexibility index (Phi) is 6.71. The molecule has 3 rings (SSSR count). The third kappa shape index (κ3) is 5.23. The van der Waals surface area contributed by atoms with E-state index in [4.69, 9.17) is 16.3 Å². The van der Waals surface area contributed by atoms with Crippen LogP contribution in [0.4, 0.5) is 0 Å². The molecule has 2 amide bonds. The van der Waals surface area contributed by atoms with Crippen molar-refractivity contribution < 1.29 is 14.3 Å². The van der Waals surface area contributed by atoms with E-state index >= 15 is 0 Å². The Bertz CT molecular complexity index is 765. The zero-order valence-corrected chi connectivity index (χ0v) is 15.8. The van der Waals surface area contributed by atoms with Crippen molar-refractivity contribution in [2.45, 2.75) is 25.3 Å². The average molecular weight is 387 g/mol. The predicted octanol–water partition coefficient (Wildman–Crippen LogP) is 3.59. The van der Waals surface area contributed by atoms with E-state index < -0.39 is 6.04 Å². The van der Waals surface area contributed by atoms with E-state index in [1.807, 2.05) is 30.3 Å². The second-order valence-electron chi connectivity index (χ2n) is 6.45. The minimum Gasteiger partial charge on any atom is -0.492 e. The number of likely N-dealkylation sites (tertiary alicyclic amines) is 1. The van der Waals surface area contributed by atoms with Crippen molar-refractivity contribution in [1.82, 2.24) is 10.2 Å². The summed E-state index contributed by atoms with van der Waals surface area (Å²) in [7, 11) is 0. The zero-order chi connectivity index (χ0) is 19.1. The van der Waals surface area contributed by atoms with Gasteiger partial charge in [0, 0.05) is 18.0 Å². The lowest BCUT2D eigenvalue weighted by Crippen LogP contribution is -2.46. The Morgan fingerprint density at radius 1 is 1.11 bits per heavy atom. The number of halogens is 1. The molecule has 1 unspecified atom stereocenters. The van der Waals surface area contributed by atoms with Crippen molar-refractivity contribution in [3.63, 3.8) is 0 Å². The summed E-state index contributed by atoms with van der Waals surface area (Å²) in [6.07, 6.45) is 2.30. The molecule has 0 aliphatic carbocycles. The average Bonchev–Trinajstić information content (AvgIpc) is 2.69. The second-order valence-corrected chi connectivity index (χ2v) is 6.89. The van der Waals surface area contributed by atoms with E-state index in [0.717, 1.165) is 18.4 Å². The standard InChI is InChI=1S/C21H23ClN2O3/c22-17-9-11-18(12-10-17)27-15-13-23-21(26)20(16-6-2-1-3-7-16)24-14-5-4-8-19(24)25/h1-3,6-7,9-12,20H,4-5,8,13-15H2,(H,23,26). The largest absolute Gasteiger partial charge is 0.492 e. The van der Waals surface area contributed by atoms with E-state index in [2.05, 4.69) is 5.32 Å². The maximum absolute atomic E-state index is 12.9. The van der Waals surface area contributed by atoms with Crippen LogP contribution < -0.4 is 10.1 Å². The van der Waals surface area contributed by atoms with Gasteiger partial charge in [-0.2, -0.15) is 0 Å². The van der Waals surface area contributed by atoms with Gasteiger partial charge in [-0.25, -0.2) is 0 Å². The molecule has 0 aromatic heterocycles. The number of nitrogens with zero attached hydrogens (tertiary/aromatic N) is 1. The van der Waals surface area contributed by atoms with Crippen molar-refractivity contribution >= 4 is 23.4 Å². The Morgan fingerprint density at radius 2 is 1.85 bits per heavy atom. The zero-order valence-electron chi connectivity index (χ0n) is 15.1. The minimum absolute atomic E-state index is 0.0302. The quantitative estimate of drug-likeness (QED) is 0.740. The molecule has 1 aliphatic heterocycles. The molecule has 2 aromatic carbocycles. The third-order valence-electron chi connectivity index (χ3n) is 4.52. The highest BCUT2D eigenvalue weighted by Gasteiger charge is 2.32. The summed E-state index contributed by atoms with van der Waals surface area (Å²) in [4.78, 5) is 26.9. The van der Waals surface area contributed by atoms with Gasteiger partial charge in [-0.05, 0) is 42.7 Å². The highest BCUT2D eigenvalue weighted by Crippen LogP contribution is 2.25. The molecule has 27 heavy (non-hydrogen) atoms. The van der Waals surface area contributed by atoms with Gasteiger partial charge < -0.3 is 15.0 Å². The van der Waals surface area contributed by atoms with Crippen LogP contribution >= 0.6 is 11.6 Å². The van der Waals surface area contributed by atoms with E-state index in [1.165, 1.54) is 0 Å². The van der Waals surface area contributed by atoms with Crippen LogP contribution in [0.5, 0.6) is 5.75 Å². The first kappa shape index (κ1) is 19.2. The highest BCUT2D eigenvalue weighted by molar-refractivity contribution is 6.30. The molecule has 0 spiro atoms. The van der Waals surface area contributed by atoms with Gasteiger partial charge >= 0.3 is 0 Å². The Morgan fingerprint density at radius 3 is 2.56 bits per heavy atom. The Labute approximate surface area is 164 Å². The topological polar surface area (TPSA) is 58.6 Å². The molecule has 5 nitrogen and oxygen atoms in total. The number of rotatable bonds is 7. The third-order valence-corrected chi connectivity index (χ3v) is 4.77. The SMILES string of the molecule is O=C(NCCOc1ccc(Cl)cc1)C(c1ccccc1)N1CCCCC1=O. The summed E-state index contributed by atoms with van der Waals surface area (Å²) < 4.78 is 5.61. The normalized spacial score (nSPS) is 15.3. The molecule has 6 heteroatoms. The van der Waals surface area contributed by atoms with E-state index in [0.29, 0.717) is 36.9 Å². The molecule has 1 fully saturated rings. The number of ether oxygens (including phenoxy) is 1. The van der Waals surface area contributed by atoms with Crippen LogP contribution in [0.15, 0.2) is 54.6 Å². The minimum atomic E-state index is -0.602. The van der Waals surface area contributed by atoms with Crippen LogP contribution in [0.25, 0.3) is 0 Å². The highest BCUT2D eigenvalue weighted by atomic mass is 35.5. The van der Waals surface area contributed by atoms with Crippen LogP contribution in [-0.2, 0) is 9.59 Å². The first-order chi connectivity index (χ1) is 13.1. The van der Waals surface area contributed by atoms with Gasteiger partial charge in [-0.3, -0.25) is 9.59 Å². The molecular formula is C21H23ClN2O3. The lowest BCUT2D eigenvalue weighted by Gasteiger charge is -2.34. The van der Waals surface area contributed by atoms with Gasteiger partial charge in [0.1, 0.15) is 18.4 Å². The first-order valence-electron chi connectivity index (χ1n) is 9.15. The van der Waals surface area contributed by atoms with Crippen molar-refractivity contribution in [2.75, 3.05) is 19.7 Å². The number of carbonyl (C=O) groups is 2. The summed E-state index contributed by atoms with van der Waals surface area (Å²) in [5.41, 5.74) is 0.823. The Balaban J connectivity index is 1.60. The number of hydrogen-bond donors (Lipinski definition) is 1. The van der Waals surface area contributed by atoms with Crippen LogP contribution in [0, 0.1) is 0 Å². The maximum atomic E-state index is 12.9. The summed E-state index contributed by atoms with van der Waals surface area (Å²) in [6, 6.07) is 15.9. The summed E-state index contributed by atoms with van der Waals surface area (Å²) in [5.74, 6) is 0.540. The number of hydrogen-bond acceptors (Lipinski definition) is 3. The van der Waals surface area contributed by atoms with Gasteiger partial charge in [0.25, 0.3) is 0 Å². The lowest BCUT2D eigenvalue weighted by atomic mass is 10.0. The number of carbonyl (C=O) groups excluding carboxylic acids is 2. The molecule has 1 saturated heterocycles. The molecule has 1 N–H and O–H groups in total. The molecule has 0 bridgehead atoms. The molecule has 2 aromatic rings. The predicted molar refractivity (Wildman–Crippen MR) is 105 cm³/mol. The summed E-state index contributed by atoms with van der Waals surface area (Å²) in [6.45, 7) is 1.29. The van der Waals surface area contributed by atoms with Crippen LogP contribution in [-0.4, -0.2) is 36.4 Å². The number of piperidine rings is 1. The van der Waals surface area contributed by atoms with Crippen LogP contribution in [0.1, 0.15) is 30.9 Å². The maximum Gasteiger partial charge on any atom is 0.247 e. The van der Waals surface area contributed by atoms with Gasteiger partial charge in [0.2, 0.25) is 11.8 Å². The molecule has 1 atom stereocenters. The van der Waals surface area contributed by atoms with Crippen molar-refractivity contribution in [2.24, 2.45) is 0 Å². The van der Waals surface area contributed by atoms with Gasteiger partial charge in [0.15, 0.2) is 0 Å². The van der Waals surface area contributed by atoms with Crippen molar-refractivity contribution in [3.05, 3.63) is 65.2 Å². The fraction of sp³-hybridized carbons (Fsp3) is 0.333. The number of benzene rings is 2. The first-order valence-corrected chi connectivity index (χ1v) is 9.53. The summed E-state index contributed by atoms with van der Waals surface area (Å²) >= 11 is 5.85. The van der Waals surface area contributed by atoms with Crippen LogP contribution in [0.3, 0.4) is 0 Å². The van der Waals surface area contributed by atoms with E-state index in [1.54, 1.807) is 29.2 Å². The van der Waals surface area contributed by atoms with Gasteiger partial charge in [-0.15, -0.1) is 0 Å². The number of amides is 2. The van der Waals surface area contributed by atoms with Crippen molar-refractivity contribution in [1.29, 1.82) is 0 Å². The Hall–Kier alpha value is -2.53. The number of nitrogens with one attached hydrogen (secondary N) is 1. The lowest BCUT2D eigenvalue weighted by molar-refractivity contribution is -0.142. The molecular weight excluding hydrogens is 364 g/mol. The smallest absolute Gasteiger partial charge is 0.247 e. The molecule has 0 radical (unpaired) electrons. The fourth-order valence-electron chi connectivity index (χ4n) is 3.18. The monoisotopic (exact) mass is 386 g/mol. The molecule has 1 heterocycles. The second kappa shape index (κ2) is 9.42.